The van der Waals surface area contributed by atoms with Crippen LogP contribution in [0, 0.1) is 5.82 Å². The van der Waals surface area contributed by atoms with Gasteiger partial charge in [0, 0.05) is 16.7 Å². The number of anilines is 1. The number of amides is 1. The Morgan fingerprint density at radius 1 is 1.00 bits per heavy atom. The van der Waals surface area contributed by atoms with Crippen molar-refractivity contribution in [3.8, 4) is 11.8 Å². The van der Waals surface area contributed by atoms with Gasteiger partial charge in [0.15, 0.2) is 0 Å². The largest absolute Gasteiger partial charge is 0.420 e. The van der Waals surface area contributed by atoms with E-state index in [-0.39, 0.29) is 5.91 Å². The zero-order valence-corrected chi connectivity index (χ0v) is 15.0. The van der Waals surface area contributed by atoms with Crippen molar-refractivity contribution < 1.29 is 13.9 Å². The Labute approximate surface area is 164 Å². The second-order valence-corrected chi connectivity index (χ2v) is 6.22. The van der Waals surface area contributed by atoms with Gasteiger partial charge in [-0.05, 0) is 48.5 Å². The summed E-state index contributed by atoms with van der Waals surface area (Å²) >= 11 is 5.98. The van der Waals surface area contributed by atoms with Crippen molar-refractivity contribution >= 4 is 34.1 Å². The average Bonchev–Trinajstić information content (AvgIpc) is 2.70. The number of hydrogen-bond donors (Lipinski definition) is 1. The number of halogens is 2. The summed E-state index contributed by atoms with van der Waals surface area (Å²) in [4.78, 5) is 24.6. The Morgan fingerprint density at radius 3 is 2.57 bits per heavy atom. The molecule has 0 fully saturated rings. The summed E-state index contributed by atoms with van der Waals surface area (Å²) in [5, 5.41) is 3.95. The highest BCUT2D eigenvalue weighted by atomic mass is 35.5. The van der Waals surface area contributed by atoms with E-state index in [4.69, 9.17) is 16.3 Å². The molecule has 0 saturated carbocycles. The first kappa shape index (κ1) is 17.8. The van der Waals surface area contributed by atoms with Gasteiger partial charge >= 0.3 is 0 Å². The normalized spacial score (nSPS) is 10.6. The number of benzene rings is 2. The minimum absolute atomic E-state index is 0.301. The molecule has 0 spiro atoms. The van der Waals surface area contributed by atoms with E-state index in [1.54, 1.807) is 30.3 Å². The molecule has 4 rings (SSSR count). The molecule has 0 aliphatic rings. The van der Waals surface area contributed by atoms with Gasteiger partial charge < -0.3 is 10.1 Å². The first-order chi connectivity index (χ1) is 13.6. The van der Waals surface area contributed by atoms with Crippen LogP contribution in [0.15, 0.2) is 67.1 Å². The molecular formula is C20H12ClFN4O2. The highest BCUT2D eigenvalue weighted by Crippen LogP contribution is 2.27. The number of ether oxygens (including phenoxy) is 1. The Bertz CT molecular complexity index is 1150. The Morgan fingerprint density at radius 2 is 1.82 bits per heavy atom. The summed E-state index contributed by atoms with van der Waals surface area (Å²) in [6.07, 6.45) is 2.84. The van der Waals surface area contributed by atoms with Crippen LogP contribution in [0.5, 0.6) is 11.8 Å². The molecule has 2 aromatic heterocycles. The number of aromatic nitrogens is 3. The summed E-state index contributed by atoms with van der Waals surface area (Å²) in [6, 6.07) is 13.7. The van der Waals surface area contributed by atoms with Crippen LogP contribution < -0.4 is 10.1 Å². The number of carbonyl (C=O) groups is 1. The third-order valence-electron chi connectivity index (χ3n) is 3.86. The van der Waals surface area contributed by atoms with Crippen molar-refractivity contribution in [1.82, 2.24) is 15.0 Å². The lowest BCUT2D eigenvalue weighted by Gasteiger charge is -2.08. The van der Waals surface area contributed by atoms with Crippen molar-refractivity contribution in [2.24, 2.45) is 0 Å². The summed E-state index contributed by atoms with van der Waals surface area (Å²) in [5.41, 5.74) is 1.47. The molecular weight excluding hydrogens is 383 g/mol. The summed E-state index contributed by atoms with van der Waals surface area (Å²) in [6.45, 7) is 0. The molecule has 0 atom stereocenters. The van der Waals surface area contributed by atoms with E-state index in [1.807, 2.05) is 0 Å². The lowest BCUT2D eigenvalue weighted by Crippen LogP contribution is -2.11. The predicted octanol–water partition coefficient (Wildman–Crippen LogP) is 4.86. The lowest BCUT2D eigenvalue weighted by atomic mass is 10.2. The maximum atomic E-state index is 12.9. The van der Waals surface area contributed by atoms with Crippen LogP contribution in [0.4, 0.5) is 10.1 Å². The van der Waals surface area contributed by atoms with E-state index >= 15 is 0 Å². The minimum Gasteiger partial charge on any atom is -0.420 e. The van der Waals surface area contributed by atoms with Gasteiger partial charge in [-0.1, -0.05) is 11.6 Å². The number of carbonyl (C=O) groups excluding carboxylic acids is 1. The zero-order chi connectivity index (χ0) is 19.5. The van der Waals surface area contributed by atoms with Gasteiger partial charge in [-0.2, -0.15) is 0 Å². The second kappa shape index (κ2) is 7.58. The van der Waals surface area contributed by atoms with E-state index in [2.05, 4.69) is 20.3 Å². The Hall–Kier alpha value is -3.58. The molecule has 1 N–H and O–H groups in total. The molecule has 8 heteroatoms. The van der Waals surface area contributed by atoms with E-state index in [0.29, 0.717) is 38.9 Å². The molecule has 4 aromatic rings. The van der Waals surface area contributed by atoms with Crippen molar-refractivity contribution in [2.75, 3.05) is 5.32 Å². The predicted molar refractivity (Wildman–Crippen MR) is 103 cm³/mol. The van der Waals surface area contributed by atoms with E-state index in [0.717, 1.165) is 0 Å². The van der Waals surface area contributed by atoms with Crippen molar-refractivity contribution in [2.45, 2.75) is 0 Å². The molecule has 1 amide bonds. The van der Waals surface area contributed by atoms with E-state index in [1.165, 1.54) is 36.8 Å². The van der Waals surface area contributed by atoms with E-state index < -0.39 is 5.82 Å². The number of nitrogens with one attached hydrogen (secondary N) is 1. The van der Waals surface area contributed by atoms with Crippen LogP contribution in [-0.2, 0) is 0 Å². The minimum atomic E-state index is -0.403. The van der Waals surface area contributed by atoms with Crippen LogP contribution in [0.1, 0.15) is 10.4 Å². The summed E-state index contributed by atoms with van der Waals surface area (Å²) in [7, 11) is 0. The first-order valence-corrected chi connectivity index (χ1v) is 8.57. The molecule has 138 valence electrons. The zero-order valence-electron chi connectivity index (χ0n) is 14.3. The van der Waals surface area contributed by atoms with Crippen LogP contribution in [0.2, 0.25) is 5.02 Å². The third kappa shape index (κ3) is 3.89. The fourth-order valence-electron chi connectivity index (χ4n) is 2.51. The molecule has 0 radical (unpaired) electrons. The summed E-state index contributed by atoms with van der Waals surface area (Å²) < 4.78 is 18.7. The maximum absolute atomic E-state index is 12.9. The Kier molecular flexibility index (Phi) is 4.82. The van der Waals surface area contributed by atoms with Gasteiger partial charge in [-0.15, -0.1) is 0 Å². The molecule has 6 nitrogen and oxygen atoms in total. The van der Waals surface area contributed by atoms with Crippen LogP contribution in [0.25, 0.3) is 10.9 Å². The maximum Gasteiger partial charge on any atom is 0.255 e. The average molecular weight is 395 g/mol. The molecule has 0 bridgehead atoms. The van der Waals surface area contributed by atoms with Gasteiger partial charge in [-0.25, -0.2) is 19.3 Å². The molecule has 0 unspecified atom stereocenters. The summed E-state index contributed by atoms with van der Waals surface area (Å²) in [5.74, 6) is -0.125. The van der Waals surface area contributed by atoms with Crippen LogP contribution in [0.3, 0.4) is 0 Å². The molecule has 2 aromatic carbocycles. The van der Waals surface area contributed by atoms with Gasteiger partial charge in [-0.3, -0.25) is 4.79 Å². The molecule has 2 heterocycles. The molecule has 0 saturated heterocycles. The molecule has 0 aliphatic carbocycles. The fraction of sp³-hybridized carbons (Fsp3) is 0. The van der Waals surface area contributed by atoms with Crippen molar-refractivity contribution in [3.63, 3.8) is 0 Å². The highest BCUT2D eigenvalue weighted by molar-refractivity contribution is 6.31. The standard InChI is InChI=1S/C20H12ClFN4O2/c21-13-3-7-16-17(9-13)24-11-25-20(16)28-18-8-6-15(10-23-18)26-19(27)12-1-4-14(22)5-2-12/h1-11H,(H,26,27). The number of hydrogen-bond acceptors (Lipinski definition) is 5. The highest BCUT2D eigenvalue weighted by Gasteiger charge is 2.09. The number of rotatable bonds is 4. The topological polar surface area (TPSA) is 77.0 Å². The smallest absolute Gasteiger partial charge is 0.255 e. The van der Waals surface area contributed by atoms with Gasteiger partial charge in [0.2, 0.25) is 11.8 Å². The van der Waals surface area contributed by atoms with Gasteiger partial charge in [0.25, 0.3) is 5.91 Å². The monoisotopic (exact) mass is 394 g/mol. The fourth-order valence-corrected chi connectivity index (χ4v) is 2.67. The number of nitrogens with zero attached hydrogens (tertiary/aromatic N) is 3. The van der Waals surface area contributed by atoms with Crippen LogP contribution in [-0.4, -0.2) is 20.9 Å². The molecule has 28 heavy (non-hydrogen) atoms. The van der Waals surface area contributed by atoms with E-state index in [9.17, 15) is 9.18 Å². The van der Waals surface area contributed by atoms with Crippen molar-refractivity contribution in [3.05, 3.63) is 83.5 Å². The first-order valence-electron chi connectivity index (χ1n) is 8.19. The number of fused-ring (bicyclic) bond motifs is 1. The second-order valence-electron chi connectivity index (χ2n) is 5.79. The third-order valence-corrected chi connectivity index (χ3v) is 4.10. The van der Waals surface area contributed by atoms with Crippen molar-refractivity contribution in [1.29, 1.82) is 0 Å². The number of pyridine rings is 1. The Balaban J connectivity index is 1.49. The molecule has 0 aliphatic heterocycles. The van der Waals surface area contributed by atoms with Gasteiger partial charge in [0.05, 0.1) is 22.8 Å². The quantitative estimate of drug-likeness (QED) is 0.534. The lowest BCUT2D eigenvalue weighted by molar-refractivity contribution is 0.102. The SMILES string of the molecule is O=C(Nc1ccc(Oc2ncnc3cc(Cl)ccc23)nc1)c1ccc(F)cc1. The van der Waals surface area contributed by atoms with Gasteiger partial charge in [0.1, 0.15) is 12.1 Å². The van der Waals surface area contributed by atoms with Crippen LogP contribution >= 0.6 is 11.6 Å².